The molecule has 0 aliphatic carbocycles. The number of methoxy groups -OCH3 is 1. The Balaban J connectivity index is 1.84. The van der Waals surface area contributed by atoms with Crippen LogP contribution in [0.3, 0.4) is 0 Å². The van der Waals surface area contributed by atoms with Crippen molar-refractivity contribution in [2.45, 2.75) is 33.2 Å². The summed E-state index contributed by atoms with van der Waals surface area (Å²) in [4.78, 5) is 12.3. The highest BCUT2D eigenvalue weighted by atomic mass is 19.4. The molecule has 0 unspecified atom stereocenters. The van der Waals surface area contributed by atoms with Crippen molar-refractivity contribution in [3.8, 4) is 22.8 Å². The number of hydrogen-bond donors (Lipinski definition) is 2. The van der Waals surface area contributed by atoms with E-state index in [1.54, 1.807) is 43.3 Å². The number of aromatic nitrogens is 2. The Bertz CT molecular complexity index is 1210. The monoisotopic (exact) mass is 492 g/mol. The van der Waals surface area contributed by atoms with Gasteiger partial charge in [-0.15, -0.1) is 0 Å². The third-order valence-corrected chi connectivity index (χ3v) is 5.20. The Hall–Kier alpha value is -3.77. The lowest BCUT2D eigenvalue weighted by molar-refractivity contribution is -0.142. The summed E-state index contributed by atoms with van der Waals surface area (Å²) >= 11 is 0. The van der Waals surface area contributed by atoms with Crippen LogP contribution in [0.25, 0.3) is 11.3 Å². The number of amides is 2. The molecule has 1 heterocycles. The third-order valence-electron chi connectivity index (χ3n) is 5.20. The fourth-order valence-corrected chi connectivity index (χ4v) is 3.57. The molecule has 9 nitrogen and oxygen atoms in total. The molecule has 4 N–H and O–H groups in total. The van der Waals surface area contributed by atoms with Gasteiger partial charge in [-0.05, 0) is 55.3 Å². The number of benzene rings is 2. The molecule has 1 aromatic heterocycles. The zero-order valence-corrected chi connectivity index (χ0v) is 19.8. The Morgan fingerprint density at radius 2 is 1.83 bits per heavy atom. The number of nitrogens with zero attached hydrogens (tertiary/aromatic N) is 4. The first-order valence-corrected chi connectivity index (χ1v) is 10.5. The number of rotatable bonds is 7. The molecular weight excluding hydrogens is 465 g/mol. The molecule has 0 radical (unpaired) electrons. The van der Waals surface area contributed by atoms with Gasteiger partial charge >= 0.3 is 12.2 Å². The molecule has 3 rings (SSSR count). The van der Waals surface area contributed by atoms with E-state index in [0.29, 0.717) is 39.6 Å². The van der Waals surface area contributed by atoms with E-state index in [1.807, 2.05) is 6.92 Å². The topological polar surface area (TPSA) is 112 Å². The van der Waals surface area contributed by atoms with E-state index in [1.165, 1.54) is 20.4 Å². The Morgan fingerprint density at radius 1 is 1.11 bits per heavy atom. The first kappa shape index (κ1) is 25.8. The van der Waals surface area contributed by atoms with Crippen molar-refractivity contribution in [3.63, 3.8) is 0 Å². The molecule has 188 valence electrons. The van der Waals surface area contributed by atoms with Crippen LogP contribution in [-0.4, -0.2) is 41.2 Å². The molecule has 12 heteroatoms. The number of ether oxygens (including phenoxy) is 2. The van der Waals surface area contributed by atoms with Gasteiger partial charge in [-0.2, -0.15) is 18.3 Å². The molecule has 0 bridgehead atoms. The third kappa shape index (κ3) is 6.03. The largest absolute Gasteiger partial charge is 0.496 e. The first-order valence-electron chi connectivity index (χ1n) is 10.5. The van der Waals surface area contributed by atoms with Crippen molar-refractivity contribution in [2.24, 2.45) is 11.7 Å². The molecule has 3 aromatic rings. The normalized spacial score (nSPS) is 11.3. The molecule has 0 saturated carbocycles. The van der Waals surface area contributed by atoms with Gasteiger partial charge in [0.1, 0.15) is 24.7 Å². The van der Waals surface area contributed by atoms with Gasteiger partial charge in [0.05, 0.1) is 24.1 Å². The van der Waals surface area contributed by atoms with Crippen LogP contribution in [-0.2, 0) is 13.2 Å². The van der Waals surface area contributed by atoms with Crippen LogP contribution in [0.1, 0.15) is 16.7 Å². The van der Waals surface area contributed by atoms with Crippen LogP contribution in [0.5, 0.6) is 11.5 Å². The molecule has 0 spiro atoms. The molecule has 2 aromatic carbocycles. The van der Waals surface area contributed by atoms with E-state index in [0.717, 1.165) is 20.3 Å². The Labute approximate surface area is 200 Å². The van der Waals surface area contributed by atoms with Gasteiger partial charge < -0.3 is 9.47 Å². The Kier molecular flexibility index (Phi) is 7.56. The molecule has 2 amide bonds. The highest BCUT2D eigenvalue weighted by Crippen LogP contribution is 2.32. The van der Waals surface area contributed by atoms with E-state index < -0.39 is 18.8 Å². The molecular formula is C23H27F3N6O3. The zero-order chi connectivity index (χ0) is 25.9. The number of hydrazine groups is 2. The molecule has 0 aliphatic heterocycles. The highest BCUT2D eigenvalue weighted by molar-refractivity contribution is 5.91. The number of hydrogen-bond acceptors (Lipinski definition) is 6. The Morgan fingerprint density at radius 3 is 2.43 bits per heavy atom. The van der Waals surface area contributed by atoms with Crippen LogP contribution in [0.4, 0.5) is 23.7 Å². The van der Waals surface area contributed by atoms with Gasteiger partial charge in [0, 0.05) is 18.8 Å². The molecule has 35 heavy (non-hydrogen) atoms. The molecule has 0 saturated heterocycles. The van der Waals surface area contributed by atoms with Crippen LogP contribution < -0.4 is 26.2 Å². The number of aryl methyl sites for hydroxylation is 2. The highest BCUT2D eigenvalue weighted by Gasteiger charge is 2.29. The van der Waals surface area contributed by atoms with Gasteiger partial charge in [0.2, 0.25) is 0 Å². The maximum absolute atomic E-state index is 12.7. The van der Waals surface area contributed by atoms with Crippen molar-refractivity contribution in [2.75, 3.05) is 19.2 Å². The van der Waals surface area contributed by atoms with Crippen LogP contribution in [0.2, 0.25) is 0 Å². The summed E-state index contributed by atoms with van der Waals surface area (Å²) in [7, 11) is 2.86. The second-order valence-electron chi connectivity index (χ2n) is 7.96. The van der Waals surface area contributed by atoms with Crippen LogP contribution >= 0.6 is 0 Å². The minimum Gasteiger partial charge on any atom is -0.496 e. The molecule has 0 atom stereocenters. The minimum absolute atomic E-state index is 0.0219. The maximum Gasteiger partial charge on any atom is 0.408 e. The molecule has 0 aliphatic rings. The summed E-state index contributed by atoms with van der Waals surface area (Å²) in [6.07, 6.45) is -2.99. The maximum atomic E-state index is 12.7. The van der Waals surface area contributed by atoms with Crippen molar-refractivity contribution >= 4 is 11.7 Å². The van der Waals surface area contributed by atoms with Gasteiger partial charge in [-0.3, -0.25) is 9.69 Å². The van der Waals surface area contributed by atoms with Crippen molar-refractivity contribution in [1.29, 1.82) is 0 Å². The second kappa shape index (κ2) is 10.2. The fourth-order valence-electron chi connectivity index (χ4n) is 3.57. The second-order valence-corrected chi connectivity index (χ2v) is 7.96. The summed E-state index contributed by atoms with van der Waals surface area (Å²) < 4.78 is 50.4. The lowest BCUT2D eigenvalue weighted by Crippen LogP contribution is -2.49. The quantitative estimate of drug-likeness (QED) is 0.294. The predicted molar refractivity (Wildman–Crippen MR) is 125 cm³/mol. The number of anilines is 1. The van der Waals surface area contributed by atoms with Crippen LogP contribution in [0, 0.1) is 13.8 Å². The van der Waals surface area contributed by atoms with Gasteiger partial charge in [-0.25, -0.2) is 21.5 Å². The van der Waals surface area contributed by atoms with E-state index in [4.69, 9.17) is 21.2 Å². The lowest BCUT2D eigenvalue weighted by Gasteiger charge is -2.24. The zero-order valence-electron chi connectivity index (χ0n) is 19.8. The molecule has 0 fully saturated rings. The van der Waals surface area contributed by atoms with Crippen LogP contribution in [0.15, 0.2) is 42.6 Å². The van der Waals surface area contributed by atoms with Gasteiger partial charge in [0.25, 0.3) is 0 Å². The number of nitrogens with two attached hydrogens (primary N) is 2. The number of halogens is 3. The predicted octanol–water partition coefficient (Wildman–Crippen LogP) is 3.92. The van der Waals surface area contributed by atoms with Gasteiger partial charge in [0.15, 0.2) is 0 Å². The first-order chi connectivity index (χ1) is 16.4. The van der Waals surface area contributed by atoms with Crippen molar-refractivity contribution in [1.82, 2.24) is 14.8 Å². The number of urea groups is 1. The number of carbonyl (C=O) groups is 1. The van der Waals surface area contributed by atoms with Gasteiger partial charge in [-0.1, -0.05) is 6.07 Å². The van der Waals surface area contributed by atoms with Crippen molar-refractivity contribution < 1.29 is 27.4 Å². The minimum atomic E-state index is -4.36. The lowest BCUT2D eigenvalue weighted by atomic mass is 10.1. The number of carbonyl (C=O) groups excluding carboxylic acids is 1. The van der Waals surface area contributed by atoms with E-state index in [9.17, 15) is 18.0 Å². The SMILES string of the molecule is COc1cccc(N(N)C(=O)N(C)N)c1COc1ccc(-c2nn(CC(F)(F)F)cc2C)cc1C. The summed E-state index contributed by atoms with van der Waals surface area (Å²) in [5, 5.41) is 5.84. The van der Waals surface area contributed by atoms with Crippen molar-refractivity contribution in [3.05, 3.63) is 59.3 Å². The fraction of sp³-hybridized carbons (Fsp3) is 0.304. The van der Waals surface area contributed by atoms with E-state index in [2.05, 4.69) is 5.10 Å². The number of alkyl halides is 3. The average molecular weight is 493 g/mol. The summed E-state index contributed by atoms with van der Waals surface area (Å²) in [6, 6.07) is 9.61. The summed E-state index contributed by atoms with van der Waals surface area (Å²) in [6.45, 7) is 2.38. The smallest absolute Gasteiger partial charge is 0.408 e. The standard InChI is InChI=1S/C23H27F3N6O3/c1-14-10-16(21-15(2)11-31(29-21)13-23(24,25)26)8-9-19(14)35-12-17-18(6-5-7-20(17)34-4)32(28)22(33)30(3)27/h5-11H,12-13,27-28H2,1-4H3. The average Bonchev–Trinajstić information content (AvgIpc) is 3.14. The summed E-state index contributed by atoms with van der Waals surface area (Å²) in [5.41, 5.74) is 3.37. The van der Waals surface area contributed by atoms with E-state index >= 15 is 0 Å². The summed E-state index contributed by atoms with van der Waals surface area (Å²) in [5.74, 6) is 12.5. The van der Waals surface area contributed by atoms with E-state index in [-0.39, 0.29) is 6.61 Å².